The summed E-state index contributed by atoms with van der Waals surface area (Å²) in [6.07, 6.45) is 0. The topological polar surface area (TPSA) is 44.4 Å². The Hall–Kier alpha value is -1.55. The minimum atomic E-state index is -0.122. The Bertz CT molecular complexity index is 387. The third kappa shape index (κ3) is 2.27. The number of benzene rings is 1. The molecule has 4 heteroatoms. The maximum absolute atomic E-state index is 11.1. The SMILES string of the molecule is CN(C)Cc1ccc2c(c1)CNC(=O)N2. The van der Waals surface area contributed by atoms with Crippen LogP contribution in [0.4, 0.5) is 10.5 Å². The van der Waals surface area contributed by atoms with E-state index >= 15 is 0 Å². The van der Waals surface area contributed by atoms with Crippen molar-refractivity contribution in [2.75, 3.05) is 19.4 Å². The van der Waals surface area contributed by atoms with Crippen LogP contribution in [0.3, 0.4) is 0 Å². The van der Waals surface area contributed by atoms with E-state index in [2.05, 4.69) is 21.6 Å². The number of fused-ring (bicyclic) bond motifs is 1. The largest absolute Gasteiger partial charge is 0.334 e. The van der Waals surface area contributed by atoms with Gasteiger partial charge in [-0.15, -0.1) is 0 Å². The fraction of sp³-hybridized carbons (Fsp3) is 0.364. The molecule has 0 bridgehead atoms. The summed E-state index contributed by atoms with van der Waals surface area (Å²) in [4.78, 5) is 13.2. The number of hydrogen-bond donors (Lipinski definition) is 2. The van der Waals surface area contributed by atoms with Gasteiger partial charge in [0.1, 0.15) is 0 Å². The highest BCUT2D eigenvalue weighted by Crippen LogP contribution is 2.20. The molecule has 1 heterocycles. The number of nitrogens with one attached hydrogen (secondary N) is 2. The van der Waals surface area contributed by atoms with E-state index in [9.17, 15) is 4.79 Å². The zero-order valence-electron chi connectivity index (χ0n) is 9.00. The van der Waals surface area contributed by atoms with E-state index in [-0.39, 0.29) is 6.03 Å². The molecule has 4 nitrogen and oxygen atoms in total. The minimum Gasteiger partial charge on any atom is -0.334 e. The molecule has 0 atom stereocenters. The molecular formula is C11H15N3O. The molecule has 0 saturated carbocycles. The second-order valence-corrected chi connectivity index (χ2v) is 4.04. The Morgan fingerprint density at radius 1 is 1.40 bits per heavy atom. The number of amides is 2. The van der Waals surface area contributed by atoms with Crippen molar-refractivity contribution < 1.29 is 4.79 Å². The summed E-state index contributed by atoms with van der Waals surface area (Å²) in [5, 5.41) is 5.53. The molecular weight excluding hydrogens is 190 g/mol. The summed E-state index contributed by atoms with van der Waals surface area (Å²) >= 11 is 0. The Morgan fingerprint density at radius 2 is 2.20 bits per heavy atom. The third-order valence-electron chi connectivity index (χ3n) is 2.36. The van der Waals surface area contributed by atoms with E-state index < -0.39 is 0 Å². The van der Waals surface area contributed by atoms with Crippen LogP contribution in [0.25, 0.3) is 0 Å². The first kappa shape index (κ1) is 9.98. The van der Waals surface area contributed by atoms with Gasteiger partial charge in [-0.05, 0) is 31.3 Å². The number of nitrogens with zero attached hydrogens (tertiary/aromatic N) is 1. The van der Waals surface area contributed by atoms with Gasteiger partial charge in [0.15, 0.2) is 0 Å². The van der Waals surface area contributed by atoms with Crippen LogP contribution in [-0.4, -0.2) is 25.0 Å². The highest BCUT2D eigenvalue weighted by molar-refractivity contribution is 5.92. The zero-order chi connectivity index (χ0) is 10.8. The van der Waals surface area contributed by atoms with Crippen LogP contribution >= 0.6 is 0 Å². The van der Waals surface area contributed by atoms with Gasteiger partial charge >= 0.3 is 6.03 Å². The van der Waals surface area contributed by atoms with E-state index in [1.165, 1.54) is 5.56 Å². The van der Waals surface area contributed by atoms with E-state index in [1.807, 2.05) is 26.2 Å². The van der Waals surface area contributed by atoms with Crippen LogP contribution in [0.2, 0.25) is 0 Å². The molecule has 1 aromatic carbocycles. The van der Waals surface area contributed by atoms with Gasteiger partial charge in [0, 0.05) is 18.8 Å². The van der Waals surface area contributed by atoms with Crippen molar-refractivity contribution in [2.24, 2.45) is 0 Å². The molecule has 2 N–H and O–H groups in total. The number of rotatable bonds is 2. The minimum absolute atomic E-state index is 0.122. The van der Waals surface area contributed by atoms with E-state index in [0.717, 1.165) is 17.8 Å². The molecule has 0 aliphatic carbocycles. The van der Waals surface area contributed by atoms with Crippen LogP contribution in [-0.2, 0) is 13.1 Å². The van der Waals surface area contributed by atoms with Crippen molar-refractivity contribution in [1.82, 2.24) is 10.2 Å². The lowest BCUT2D eigenvalue weighted by molar-refractivity contribution is 0.251. The van der Waals surface area contributed by atoms with Crippen molar-refractivity contribution in [3.05, 3.63) is 29.3 Å². The lowest BCUT2D eigenvalue weighted by Gasteiger charge is -2.19. The molecule has 1 aliphatic heterocycles. The van der Waals surface area contributed by atoms with Gasteiger partial charge in [0.05, 0.1) is 0 Å². The van der Waals surface area contributed by atoms with Crippen molar-refractivity contribution in [1.29, 1.82) is 0 Å². The molecule has 0 fully saturated rings. The lowest BCUT2D eigenvalue weighted by Crippen LogP contribution is -2.33. The monoisotopic (exact) mass is 205 g/mol. The van der Waals surface area contributed by atoms with Crippen molar-refractivity contribution >= 4 is 11.7 Å². The normalized spacial score (nSPS) is 14.5. The van der Waals surface area contributed by atoms with Gasteiger partial charge in [-0.25, -0.2) is 4.79 Å². The summed E-state index contributed by atoms with van der Waals surface area (Å²) in [6, 6.07) is 6.02. The van der Waals surface area contributed by atoms with Gasteiger partial charge in [0.2, 0.25) is 0 Å². The van der Waals surface area contributed by atoms with Crippen LogP contribution in [0, 0.1) is 0 Å². The number of anilines is 1. The maximum Gasteiger partial charge on any atom is 0.319 e. The molecule has 0 aromatic heterocycles. The molecule has 0 unspecified atom stereocenters. The second kappa shape index (κ2) is 3.90. The van der Waals surface area contributed by atoms with Crippen molar-refractivity contribution in [3.63, 3.8) is 0 Å². The first-order valence-corrected chi connectivity index (χ1v) is 4.96. The second-order valence-electron chi connectivity index (χ2n) is 4.04. The summed E-state index contributed by atoms with van der Waals surface area (Å²) in [5.41, 5.74) is 3.33. The number of carbonyl (C=O) groups is 1. The van der Waals surface area contributed by atoms with Gasteiger partial charge in [0.25, 0.3) is 0 Å². The summed E-state index contributed by atoms with van der Waals surface area (Å²) in [5.74, 6) is 0. The first-order valence-electron chi connectivity index (χ1n) is 4.96. The summed E-state index contributed by atoms with van der Waals surface area (Å²) < 4.78 is 0. The van der Waals surface area contributed by atoms with E-state index in [0.29, 0.717) is 6.54 Å². The zero-order valence-corrected chi connectivity index (χ0v) is 9.00. The highest BCUT2D eigenvalue weighted by atomic mass is 16.2. The number of hydrogen-bond acceptors (Lipinski definition) is 2. The van der Waals surface area contributed by atoms with E-state index in [1.54, 1.807) is 0 Å². The number of urea groups is 1. The van der Waals surface area contributed by atoms with Crippen LogP contribution in [0.1, 0.15) is 11.1 Å². The maximum atomic E-state index is 11.1. The smallest absolute Gasteiger partial charge is 0.319 e. The Kier molecular flexibility index (Phi) is 2.60. The molecule has 0 saturated heterocycles. The van der Waals surface area contributed by atoms with Gasteiger partial charge in [-0.1, -0.05) is 12.1 Å². The molecule has 1 aromatic rings. The Balaban J connectivity index is 2.23. The summed E-state index contributed by atoms with van der Waals surface area (Å²) in [7, 11) is 4.08. The van der Waals surface area contributed by atoms with Gasteiger partial charge in [-0.2, -0.15) is 0 Å². The highest BCUT2D eigenvalue weighted by Gasteiger charge is 2.13. The predicted octanol–water partition coefficient (Wildman–Crippen LogP) is 1.38. The molecule has 80 valence electrons. The molecule has 0 radical (unpaired) electrons. The quantitative estimate of drug-likeness (QED) is 0.766. The standard InChI is InChI=1S/C11H15N3O/c1-14(2)7-8-3-4-10-9(5-8)6-12-11(15)13-10/h3-5H,6-7H2,1-2H3,(H2,12,13,15). The van der Waals surface area contributed by atoms with Crippen molar-refractivity contribution in [2.45, 2.75) is 13.1 Å². The molecule has 2 rings (SSSR count). The average molecular weight is 205 g/mol. The fourth-order valence-corrected chi connectivity index (χ4v) is 1.72. The molecule has 0 spiro atoms. The van der Waals surface area contributed by atoms with Crippen LogP contribution < -0.4 is 10.6 Å². The Labute approximate surface area is 89.3 Å². The molecule has 15 heavy (non-hydrogen) atoms. The summed E-state index contributed by atoms with van der Waals surface area (Å²) in [6.45, 7) is 1.53. The number of carbonyl (C=O) groups excluding carboxylic acids is 1. The first-order chi connectivity index (χ1) is 7.15. The molecule has 1 aliphatic rings. The predicted molar refractivity (Wildman–Crippen MR) is 59.7 cm³/mol. The van der Waals surface area contributed by atoms with Crippen molar-refractivity contribution in [3.8, 4) is 0 Å². The van der Waals surface area contributed by atoms with Crippen LogP contribution in [0.15, 0.2) is 18.2 Å². The van der Waals surface area contributed by atoms with Gasteiger partial charge < -0.3 is 15.5 Å². The van der Waals surface area contributed by atoms with Gasteiger partial charge in [-0.3, -0.25) is 0 Å². The molecule has 2 amide bonds. The average Bonchev–Trinajstić information content (AvgIpc) is 2.17. The fourth-order valence-electron chi connectivity index (χ4n) is 1.72. The van der Waals surface area contributed by atoms with E-state index in [4.69, 9.17) is 0 Å². The third-order valence-corrected chi connectivity index (χ3v) is 2.36. The Morgan fingerprint density at radius 3 is 2.93 bits per heavy atom. The van der Waals surface area contributed by atoms with Crippen LogP contribution in [0.5, 0.6) is 0 Å². The lowest BCUT2D eigenvalue weighted by atomic mass is 10.1.